The number of aliphatic carboxylic acids is 1. The number of nitrogens with zero attached hydrogens (tertiary/aromatic N) is 2. The zero-order valence-electron chi connectivity index (χ0n) is 16.0. The van der Waals surface area contributed by atoms with Crippen LogP contribution in [0, 0.1) is 0 Å². The van der Waals surface area contributed by atoms with E-state index in [4.69, 9.17) is 5.11 Å². The average molecular weight is 370 g/mol. The highest BCUT2D eigenvalue weighted by molar-refractivity contribution is 5.97. The molecule has 146 valence electrons. The lowest BCUT2D eigenvalue weighted by Crippen LogP contribution is -2.03. The zero-order chi connectivity index (χ0) is 19.3. The maximum Gasteiger partial charge on any atom is 0.303 e. The van der Waals surface area contributed by atoms with E-state index in [9.17, 15) is 9.59 Å². The number of carbonyl (C=O) groups is 2. The molecule has 2 rings (SSSR count). The summed E-state index contributed by atoms with van der Waals surface area (Å²) in [5.74, 6) is -1.03. The maximum atomic E-state index is 11.9. The minimum absolute atomic E-state index is 0.0665. The summed E-state index contributed by atoms with van der Waals surface area (Å²) in [7, 11) is 0. The van der Waals surface area contributed by atoms with Gasteiger partial charge in [-0.2, -0.15) is 0 Å². The number of ketones is 1. The van der Waals surface area contributed by atoms with Crippen LogP contribution in [0.3, 0.4) is 0 Å². The second-order valence-electron chi connectivity index (χ2n) is 7.04. The van der Waals surface area contributed by atoms with Crippen LogP contribution < -0.4 is 0 Å². The molecule has 0 radical (unpaired) electrons. The molecule has 5 heteroatoms. The molecule has 1 aromatic carbocycles. The first-order valence-electron chi connectivity index (χ1n) is 9.95. The number of hydrogen-bond donors (Lipinski definition) is 1. The molecule has 0 aliphatic heterocycles. The topological polar surface area (TPSA) is 72.2 Å². The Hall–Kier alpha value is -2.43. The standard InChI is InChI=1S/C22H30N2O3/c25-21(13-14-22(26)27)20-11-9-19(10-12-20)8-6-4-2-1-3-5-7-16-24-17-15-23-18-24/h9-12,15,17-18H,1-8,13-14,16H2,(H,26,27). The third-order valence-electron chi connectivity index (χ3n) is 4.78. The van der Waals surface area contributed by atoms with Crippen molar-refractivity contribution in [3.8, 4) is 0 Å². The molecule has 2 aromatic rings. The molecule has 1 heterocycles. The largest absolute Gasteiger partial charge is 0.481 e. The number of Topliss-reactive ketones (excluding diaryl/α,β-unsaturated/α-hetero) is 1. The monoisotopic (exact) mass is 370 g/mol. The van der Waals surface area contributed by atoms with Gasteiger partial charge in [-0.1, -0.05) is 56.4 Å². The minimum Gasteiger partial charge on any atom is -0.481 e. The number of aromatic nitrogens is 2. The molecular weight excluding hydrogens is 340 g/mol. The zero-order valence-corrected chi connectivity index (χ0v) is 16.0. The van der Waals surface area contributed by atoms with E-state index in [1.165, 1.54) is 50.5 Å². The van der Waals surface area contributed by atoms with E-state index in [1.54, 1.807) is 0 Å². The van der Waals surface area contributed by atoms with Crippen LogP contribution in [0.2, 0.25) is 0 Å². The lowest BCUT2D eigenvalue weighted by Gasteiger charge is -2.05. The van der Waals surface area contributed by atoms with Gasteiger partial charge in [-0.25, -0.2) is 4.98 Å². The second-order valence-corrected chi connectivity index (χ2v) is 7.04. The van der Waals surface area contributed by atoms with Gasteiger partial charge in [0.2, 0.25) is 0 Å². The van der Waals surface area contributed by atoms with Gasteiger partial charge in [0.1, 0.15) is 0 Å². The predicted molar refractivity (Wildman–Crippen MR) is 106 cm³/mol. The summed E-state index contributed by atoms with van der Waals surface area (Å²) in [6.45, 7) is 1.06. The molecule has 0 unspecified atom stereocenters. The Bertz CT molecular complexity index is 678. The summed E-state index contributed by atoms with van der Waals surface area (Å²) in [6, 6.07) is 7.62. The number of imidazole rings is 1. The quantitative estimate of drug-likeness (QED) is 0.379. The molecule has 0 amide bonds. The third-order valence-corrected chi connectivity index (χ3v) is 4.78. The number of carboxylic acids is 1. The van der Waals surface area contributed by atoms with Crippen molar-refractivity contribution >= 4 is 11.8 Å². The second kappa shape index (κ2) is 12.0. The number of hydrogen-bond acceptors (Lipinski definition) is 3. The van der Waals surface area contributed by atoms with E-state index in [0.29, 0.717) is 5.56 Å². The summed E-state index contributed by atoms with van der Waals surface area (Å²) in [4.78, 5) is 26.4. The first-order chi connectivity index (χ1) is 13.1. The number of aryl methyl sites for hydroxylation is 2. The molecule has 0 saturated carbocycles. The van der Waals surface area contributed by atoms with Gasteiger partial charge in [0, 0.05) is 30.9 Å². The Morgan fingerprint density at radius 3 is 2.19 bits per heavy atom. The highest BCUT2D eigenvalue weighted by Crippen LogP contribution is 2.13. The Morgan fingerprint density at radius 1 is 0.889 bits per heavy atom. The summed E-state index contributed by atoms with van der Waals surface area (Å²) in [5, 5.41) is 8.64. The van der Waals surface area contributed by atoms with Crippen LogP contribution in [0.15, 0.2) is 43.0 Å². The van der Waals surface area contributed by atoms with Gasteiger partial charge in [-0.05, 0) is 24.8 Å². The summed E-state index contributed by atoms with van der Waals surface area (Å²) >= 11 is 0. The summed E-state index contributed by atoms with van der Waals surface area (Å²) in [5.41, 5.74) is 1.85. The van der Waals surface area contributed by atoms with Crippen molar-refractivity contribution in [2.75, 3.05) is 0 Å². The molecule has 27 heavy (non-hydrogen) atoms. The first-order valence-corrected chi connectivity index (χ1v) is 9.95. The van der Waals surface area contributed by atoms with Crippen molar-refractivity contribution in [1.29, 1.82) is 0 Å². The predicted octanol–water partition coefficient (Wildman–Crippen LogP) is 4.90. The number of carboxylic acid groups (broad SMARTS) is 1. The Labute approximate surface area is 161 Å². The fourth-order valence-corrected chi connectivity index (χ4v) is 3.15. The van der Waals surface area contributed by atoms with Crippen molar-refractivity contribution in [2.45, 2.75) is 70.8 Å². The van der Waals surface area contributed by atoms with E-state index < -0.39 is 5.97 Å². The Balaban J connectivity index is 1.50. The molecule has 5 nitrogen and oxygen atoms in total. The van der Waals surface area contributed by atoms with E-state index in [2.05, 4.69) is 9.55 Å². The minimum atomic E-state index is -0.932. The molecule has 0 fully saturated rings. The van der Waals surface area contributed by atoms with Gasteiger partial charge in [0.05, 0.1) is 12.7 Å². The summed E-state index contributed by atoms with van der Waals surface area (Å²) < 4.78 is 2.13. The van der Waals surface area contributed by atoms with Crippen LogP contribution in [0.5, 0.6) is 0 Å². The molecule has 0 aliphatic rings. The van der Waals surface area contributed by atoms with Crippen LogP contribution in [-0.2, 0) is 17.8 Å². The van der Waals surface area contributed by atoms with Crippen molar-refractivity contribution < 1.29 is 14.7 Å². The van der Waals surface area contributed by atoms with Gasteiger partial charge in [-0.15, -0.1) is 0 Å². The number of carbonyl (C=O) groups excluding carboxylic acids is 1. The lowest BCUT2D eigenvalue weighted by molar-refractivity contribution is -0.136. The van der Waals surface area contributed by atoms with Gasteiger partial charge in [0.25, 0.3) is 0 Å². The molecular formula is C22H30N2O3. The van der Waals surface area contributed by atoms with Crippen molar-refractivity contribution in [3.05, 3.63) is 54.1 Å². The smallest absolute Gasteiger partial charge is 0.303 e. The van der Waals surface area contributed by atoms with E-state index in [-0.39, 0.29) is 18.6 Å². The molecule has 1 aromatic heterocycles. The fourth-order valence-electron chi connectivity index (χ4n) is 3.15. The normalized spacial score (nSPS) is 10.8. The molecule has 1 N–H and O–H groups in total. The Kier molecular flexibility index (Phi) is 9.31. The van der Waals surface area contributed by atoms with E-state index in [1.807, 2.05) is 43.0 Å². The number of unbranched alkanes of at least 4 members (excludes halogenated alkanes) is 6. The van der Waals surface area contributed by atoms with Crippen LogP contribution in [0.25, 0.3) is 0 Å². The number of rotatable bonds is 14. The average Bonchev–Trinajstić information content (AvgIpc) is 3.18. The molecule has 0 aliphatic carbocycles. The van der Waals surface area contributed by atoms with Crippen LogP contribution >= 0.6 is 0 Å². The molecule has 0 spiro atoms. The molecule has 0 saturated heterocycles. The van der Waals surface area contributed by atoms with Crippen molar-refractivity contribution in [3.63, 3.8) is 0 Å². The number of benzene rings is 1. The maximum absolute atomic E-state index is 11.9. The molecule has 0 atom stereocenters. The first kappa shape index (κ1) is 20.9. The Morgan fingerprint density at radius 2 is 1.56 bits per heavy atom. The van der Waals surface area contributed by atoms with E-state index in [0.717, 1.165) is 13.0 Å². The van der Waals surface area contributed by atoms with Gasteiger partial charge in [0.15, 0.2) is 5.78 Å². The van der Waals surface area contributed by atoms with Crippen molar-refractivity contribution in [2.24, 2.45) is 0 Å². The van der Waals surface area contributed by atoms with Gasteiger partial charge >= 0.3 is 5.97 Å². The highest BCUT2D eigenvalue weighted by atomic mass is 16.4. The summed E-state index contributed by atoms with van der Waals surface area (Å²) in [6.07, 6.45) is 15.5. The van der Waals surface area contributed by atoms with Crippen molar-refractivity contribution in [1.82, 2.24) is 9.55 Å². The lowest BCUT2D eigenvalue weighted by atomic mass is 10.0. The van der Waals surface area contributed by atoms with E-state index >= 15 is 0 Å². The van der Waals surface area contributed by atoms with Crippen LogP contribution in [-0.4, -0.2) is 26.4 Å². The van der Waals surface area contributed by atoms with Gasteiger partial charge in [-0.3, -0.25) is 9.59 Å². The molecule has 0 bridgehead atoms. The third kappa shape index (κ3) is 8.67. The van der Waals surface area contributed by atoms with Crippen LogP contribution in [0.4, 0.5) is 0 Å². The highest BCUT2D eigenvalue weighted by Gasteiger charge is 2.08. The SMILES string of the molecule is O=C(O)CCC(=O)c1ccc(CCCCCCCCCn2ccnc2)cc1. The fraction of sp³-hybridized carbons (Fsp3) is 0.500. The van der Waals surface area contributed by atoms with Crippen LogP contribution in [0.1, 0.15) is 73.7 Å². The van der Waals surface area contributed by atoms with Gasteiger partial charge < -0.3 is 9.67 Å².